The summed E-state index contributed by atoms with van der Waals surface area (Å²) < 4.78 is 18.9. The standard InChI is InChI=1S/C29H31N3O4/c1-4-27-26(17-18-28(33)30-20-21-9-6-5-7-10-21)29(36-25-12-8-11-24(19-25)35-3)32(31-27)22-13-15-23(34-2)16-14-22/h5-16,19H,4,17-18,20H2,1-3H3,(H,30,33). The topological polar surface area (TPSA) is 74.6 Å². The van der Waals surface area contributed by atoms with E-state index in [2.05, 4.69) is 12.2 Å². The number of benzene rings is 3. The molecule has 7 heteroatoms. The van der Waals surface area contributed by atoms with Crippen LogP contribution in [0.2, 0.25) is 0 Å². The summed E-state index contributed by atoms with van der Waals surface area (Å²) in [5.41, 5.74) is 3.70. The first-order valence-corrected chi connectivity index (χ1v) is 12.0. The van der Waals surface area contributed by atoms with Crippen molar-refractivity contribution in [2.45, 2.75) is 32.7 Å². The second-order valence-electron chi connectivity index (χ2n) is 8.24. The minimum absolute atomic E-state index is 0.0227. The monoisotopic (exact) mass is 485 g/mol. The number of rotatable bonds is 11. The molecule has 1 N–H and O–H groups in total. The van der Waals surface area contributed by atoms with Crippen LogP contribution in [0.25, 0.3) is 5.69 Å². The molecule has 0 radical (unpaired) electrons. The van der Waals surface area contributed by atoms with Gasteiger partial charge in [-0.25, -0.2) is 4.68 Å². The molecule has 0 aliphatic rings. The van der Waals surface area contributed by atoms with Gasteiger partial charge in [0.25, 0.3) is 0 Å². The number of hydrogen-bond donors (Lipinski definition) is 1. The first-order valence-electron chi connectivity index (χ1n) is 12.0. The molecule has 3 aromatic carbocycles. The van der Waals surface area contributed by atoms with E-state index in [0.29, 0.717) is 43.2 Å². The van der Waals surface area contributed by atoms with E-state index in [1.807, 2.05) is 78.9 Å². The molecule has 36 heavy (non-hydrogen) atoms. The molecule has 0 aliphatic carbocycles. The molecule has 7 nitrogen and oxygen atoms in total. The van der Waals surface area contributed by atoms with E-state index in [0.717, 1.165) is 28.3 Å². The lowest BCUT2D eigenvalue weighted by atomic mass is 10.1. The minimum atomic E-state index is -0.0227. The van der Waals surface area contributed by atoms with Gasteiger partial charge in [0.15, 0.2) is 0 Å². The van der Waals surface area contributed by atoms with Crippen molar-refractivity contribution in [1.82, 2.24) is 15.1 Å². The Kier molecular flexibility index (Phi) is 8.24. The molecule has 0 saturated heterocycles. The molecule has 4 aromatic rings. The Morgan fingerprint density at radius 2 is 1.61 bits per heavy atom. The summed E-state index contributed by atoms with van der Waals surface area (Å²) in [6.07, 6.45) is 1.53. The van der Waals surface area contributed by atoms with Gasteiger partial charge in [-0.3, -0.25) is 4.79 Å². The van der Waals surface area contributed by atoms with Crippen LogP contribution in [-0.4, -0.2) is 29.9 Å². The third-order valence-electron chi connectivity index (χ3n) is 5.86. The van der Waals surface area contributed by atoms with Crippen LogP contribution in [-0.2, 0) is 24.2 Å². The maximum absolute atomic E-state index is 12.7. The molecule has 4 rings (SSSR count). The lowest BCUT2D eigenvalue weighted by molar-refractivity contribution is -0.121. The van der Waals surface area contributed by atoms with Crippen LogP contribution in [0.4, 0.5) is 0 Å². The highest BCUT2D eigenvalue weighted by Gasteiger charge is 2.21. The summed E-state index contributed by atoms with van der Waals surface area (Å²) in [6, 6.07) is 24.9. The average Bonchev–Trinajstić information content (AvgIpc) is 3.28. The van der Waals surface area contributed by atoms with E-state index >= 15 is 0 Å². The summed E-state index contributed by atoms with van der Waals surface area (Å²) in [6.45, 7) is 2.55. The fourth-order valence-corrected chi connectivity index (χ4v) is 3.92. The number of aromatic nitrogens is 2. The number of nitrogens with one attached hydrogen (secondary N) is 1. The Hall–Kier alpha value is -4.26. The van der Waals surface area contributed by atoms with E-state index in [4.69, 9.17) is 19.3 Å². The number of aryl methyl sites for hydroxylation is 1. The number of hydrogen-bond acceptors (Lipinski definition) is 5. The van der Waals surface area contributed by atoms with Gasteiger partial charge in [0.2, 0.25) is 11.8 Å². The smallest absolute Gasteiger partial charge is 0.226 e. The lowest BCUT2D eigenvalue weighted by Gasteiger charge is -2.13. The Morgan fingerprint density at radius 1 is 0.889 bits per heavy atom. The number of methoxy groups -OCH3 is 2. The van der Waals surface area contributed by atoms with Crippen LogP contribution >= 0.6 is 0 Å². The van der Waals surface area contributed by atoms with E-state index in [-0.39, 0.29) is 5.91 Å². The van der Waals surface area contributed by atoms with Crippen LogP contribution < -0.4 is 19.5 Å². The first kappa shape index (κ1) is 24.9. The highest BCUT2D eigenvalue weighted by atomic mass is 16.5. The summed E-state index contributed by atoms with van der Waals surface area (Å²) in [7, 11) is 3.26. The number of amides is 1. The van der Waals surface area contributed by atoms with Crippen LogP contribution in [0, 0.1) is 0 Å². The van der Waals surface area contributed by atoms with Crippen molar-refractivity contribution in [2.75, 3.05) is 14.2 Å². The van der Waals surface area contributed by atoms with Crippen molar-refractivity contribution in [2.24, 2.45) is 0 Å². The third kappa shape index (κ3) is 6.05. The predicted molar refractivity (Wildman–Crippen MR) is 139 cm³/mol. The number of ether oxygens (including phenoxy) is 3. The fourth-order valence-electron chi connectivity index (χ4n) is 3.92. The molecular weight excluding hydrogens is 454 g/mol. The van der Waals surface area contributed by atoms with Gasteiger partial charge < -0.3 is 19.5 Å². The highest BCUT2D eigenvalue weighted by Crippen LogP contribution is 2.33. The van der Waals surface area contributed by atoms with E-state index in [9.17, 15) is 4.79 Å². The van der Waals surface area contributed by atoms with Crippen LogP contribution in [0.3, 0.4) is 0 Å². The highest BCUT2D eigenvalue weighted by molar-refractivity contribution is 5.76. The third-order valence-corrected chi connectivity index (χ3v) is 5.86. The molecule has 0 bridgehead atoms. The normalized spacial score (nSPS) is 10.6. The molecule has 0 unspecified atom stereocenters. The van der Waals surface area contributed by atoms with Gasteiger partial charge in [-0.15, -0.1) is 0 Å². The maximum Gasteiger partial charge on any atom is 0.226 e. The van der Waals surface area contributed by atoms with Crippen molar-refractivity contribution in [3.05, 3.63) is 95.7 Å². The van der Waals surface area contributed by atoms with Gasteiger partial charge in [-0.05, 0) is 54.8 Å². The molecule has 1 heterocycles. The number of nitrogens with zero attached hydrogens (tertiary/aromatic N) is 2. The van der Waals surface area contributed by atoms with Gasteiger partial charge in [0, 0.05) is 24.6 Å². The van der Waals surface area contributed by atoms with Crippen molar-refractivity contribution >= 4 is 5.91 Å². The van der Waals surface area contributed by atoms with Gasteiger partial charge in [0.05, 0.1) is 25.6 Å². The van der Waals surface area contributed by atoms with Crippen molar-refractivity contribution in [1.29, 1.82) is 0 Å². The van der Waals surface area contributed by atoms with E-state index < -0.39 is 0 Å². The molecule has 0 spiro atoms. The molecule has 186 valence electrons. The van der Waals surface area contributed by atoms with Crippen LogP contribution in [0.15, 0.2) is 78.9 Å². The van der Waals surface area contributed by atoms with Gasteiger partial charge >= 0.3 is 0 Å². The second kappa shape index (κ2) is 11.9. The first-order chi connectivity index (χ1) is 17.6. The van der Waals surface area contributed by atoms with Gasteiger partial charge in [0.1, 0.15) is 17.2 Å². The Balaban J connectivity index is 1.62. The Bertz CT molecular complexity index is 1280. The Morgan fingerprint density at radius 3 is 2.31 bits per heavy atom. The molecule has 1 aromatic heterocycles. The molecule has 1 amide bonds. The zero-order chi connectivity index (χ0) is 25.3. The van der Waals surface area contributed by atoms with Gasteiger partial charge in [-0.1, -0.05) is 43.3 Å². The van der Waals surface area contributed by atoms with Crippen LogP contribution in [0.5, 0.6) is 23.1 Å². The van der Waals surface area contributed by atoms with Crippen molar-refractivity contribution in [3.63, 3.8) is 0 Å². The number of carbonyl (C=O) groups excluding carboxylic acids is 1. The van der Waals surface area contributed by atoms with Crippen molar-refractivity contribution < 1.29 is 19.0 Å². The van der Waals surface area contributed by atoms with Gasteiger partial charge in [-0.2, -0.15) is 5.10 Å². The average molecular weight is 486 g/mol. The molecular formula is C29H31N3O4. The lowest BCUT2D eigenvalue weighted by Crippen LogP contribution is -2.23. The Labute approximate surface area is 211 Å². The SMILES string of the molecule is CCc1nn(-c2ccc(OC)cc2)c(Oc2cccc(OC)c2)c1CCC(=O)NCc1ccccc1. The summed E-state index contributed by atoms with van der Waals surface area (Å²) in [5.74, 6) is 2.64. The predicted octanol–water partition coefficient (Wildman–Crippen LogP) is 5.49. The number of carbonyl (C=O) groups is 1. The van der Waals surface area contributed by atoms with Crippen molar-refractivity contribution in [3.8, 4) is 28.8 Å². The summed E-state index contributed by atoms with van der Waals surface area (Å²) in [5, 5.41) is 7.86. The summed E-state index contributed by atoms with van der Waals surface area (Å²) in [4.78, 5) is 12.7. The fraction of sp³-hybridized carbons (Fsp3) is 0.241. The zero-order valence-corrected chi connectivity index (χ0v) is 20.9. The quantitative estimate of drug-likeness (QED) is 0.304. The molecule has 0 fully saturated rings. The van der Waals surface area contributed by atoms with Crippen LogP contribution in [0.1, 0.15) is 30.2 Å². The maximum atomic E-state index is 12.7. The minimum Gasteiger partial charge on any atom is -0.497 e. The molecule has 0 atom stereocenters. The largest absolute Gasteiger partial charge is 0.497 e. The second-order valence-corrected chi connectivity index (χ2v) is 8.24. The molecule has 0 aliphatic heterocycles. The molecule has 0 saturated carbocycles. The zero-order valence-electron chi connectivity index (χ0n) is 20.9. The summed E-state index contributed by atoms with van der Waals surface area (Å²) >= 11 is 0. The van der Waals surface area contributed by atoms with E-state index in [1.54, 1.807) is 18.9 Å². The van der Waals surface area contributed by atoms with E-state index in [1.165, 1.54) is 0 Å².